The number of anilines is 1. The third kappa shape index (κ3) is 8.27. The first kappa shape index (κ1) is 25.9. The molecule has 2 rings (SSSR count). The number of halogens is 6. The first-order chi connectivity index (χ1) is 14.4. The van der Waals surface area contributed by atoms with Crippen LogP contribution in [0, 0.1) is 0 Å². The number of hydrogen-bond donors (Lipinski definition) is 1. The molecule has 0 atom stereocenters. The molecule has 8 nitrogen and oxygen atoms in total. The lowest BCUT2D eigenvalue weighted by molar-refractivity contribution is -0.142. The molecule has 0 spiro atoms. The van der Waals surface area contributed by atoms with Gasteiger partial charge < -0.3 is 9.57 Å². The van der Waals surface area contributed by atoms with Crippen molar-refractivity contribution >= 4 is 110 Å². The number of hydrogen-bond acceptors (Lipinski definition) is 8. The molecule has 0 radical (unpaired) electrons. The summed E-state index contributed by atoms with van der Waals surface area (Å²) in [6.07, 6.45) is 0. The molecule has 1 aromatic carbocycles. The van der Waals surface area contributed by atoms with Crippen LogP contribution >= 0.6 is 80.9 Å². The van der Waals surface area contributed by atoms with Crippen molar-refractivity contribution < 1.29 is 24.0 Å². The third-order valence-electron chi connectivity index (χ3n) is 3.08. The van der Waals surface area contributed by atoms with E-state index in [4.69, 9.17) is 74.3 Å². The van der Waals surface area contributed by atoms with Crippen molar-refractivity contribution in [3.8, 4) is 0 Å². The summed E-state index contributed by atoms with van der Waals surface area (Å²) in [7, 11) is 0. The van der Waals surface area contributed by atoms with Gasteiger partial charge in [-0.25, -0.2) is 14.6 Å². The molecule has 0 aliphatic heterocycles. The Morgan fingerprint density at radius 3 is 2.26 bits per heavy atom. The van der Waals surface area contributed by atoms with Crippen molar-refractivity contribution in [1.82, 2.24) is 4.98 Å². The molecule has 0 unspecified atom stereocenters. The molecule has 2 aromatic rings. The second-order valence-corrected chi connectivity index (χ2v) is 10.8. The van der Waals surface area contributed by atoms with E-state index in [9.17, 15) is 14.4 Å². The van der Waals surface area contributed by atoms with Crippen molar-refractivity contribution in [2.24, 2.45) is 5.16 Å². The van der Waals surface area contributed by atoms with E-state index < -0.39 is 31.1 Å². The Morgan fingerprint density at radius 1 is 1.03 bits per heavy atom. The van der Waals surface area contributed by atoms with Crippen LogP contribution in [0.3, 0.4) is 0 Å². The molecule has 31 heavy (non-hydrogen) atoms. The average Bonchev–Trinajstić information content (AvgIpc) is 3.13. The first-order valence-corrected chi connectivity index (χ1v) is 10.9. The first-order valence-electron chi connectivity index (χ1n) is 7.79. The number of ether oxygens (including phenoxy) is 1. The molecule has 0 aliphatic rings. The number of amides is 1. The van der Waals surface area contributed by atoms with Crippen LogP contribution in [-0.2, 0) is 30.6 Å². The molecule has 0 aliphatic carbocycles. The van der Waals surface area contributed by atoms with Gasteiger partial charge in [0.2, 0.25) is 5.71 Å². The van der Waals surface area contributed by atoms with Crippen LogP contribution in [-0.4, -0.2) is 36.1 Å². The van der Waals surface area contributed by atoms with Gasteiger partial charge in [-0.3, -0.25) is 10.1 Å². The lowest BCUT2D eigenvalue weighted by atomic mass is 10.2. The Morgan fingerprint density at radius 2 is 1.68 bits per heavy atom. The van der Waals surface area contributed by atoms with Crippen molar-refractivity contribution in [1.29, 1.82) is 0 Å². The zero-order valence-electron chi connectivity index (χ0n) is 14.8. The third-order valence-corrected chi connectivity index (χ3v) is 4.82. The monoisotopic (exact) mass is 565 g/mol. The van der Waals surface area contributed by atoms with Crippen LogP contribution in [0.5, 0.6) is 0 Å². The molecular formula is C16H9Cl6N3O5S. The minimum absolute atomic E-state index is 0.0393. The van der Waals surface area contributed by atoms with E-state index in [-0.39, 0.29) is 17.4 Å². The maximum atomic E-state index is 12.5. The predicted octanol–water partition coefficient (Wildman–Crippen LogP) is 4.81. The minimum atomic E-state index is -2.44. The quantitative estimate of drug-likeness (QED) is 0.176. The summed E-state index contributed by atoms with van der Waals surface area (Å²) in [5, 5.41) is 6.91. The largest absolute Gasteiger partial charge is 0.456 e. The number of oxime groups is 1. The van der Waals surface area contributed by atoms with Gasteiger partial charge in [0.15, 0.2) is 5.13 Å². The van der Waals surface area contributed by atoms with Gasteiger partial charge in [-0.2, -0.15) is 0 Å². The summed E-state index contributed by atoms with van der Waals surface area (Å²) < 4.78 is 0.486. The summed E-state index contributed by atoms with van der Waals surface area (Å²) in [5.74, 6) is -3.36. The van der Waals surface area contributed by atoms with Gasteiger partial charge in [-0.05, 0) is 5.56 Å². The molecule has 0 saturated heterocycles. The number of rotatable bonds is 6. The van der Waals surface area contributed by atoms with E-state index in [0.717, 1.165) is 11.3 Å². The van der Waals surface area contributed by atoms with Crippen LogP contribution in [0.25, 0.3) is 0 Å². The van der Waals surface area contributed by atoms with Crippen molar-refractivity contribution in [2.75, 3.05) is 5.32 Å². The number of alkyl halides is 6. The number of benzene rings is 1. The molecule has 1 heterocycles. The number of nitrogens with zero attached hydrogens (tertiary/aromatic N) is 2. The Labute approximate surface area is 209 Å². The zero-order valence-corrected chi connectivity index (χ0v) is 20.1. The highest BCUT2D eigenvalue weighted by molar-refractivity contribution is 7.14. The molecule has 1 N–H and O–H groups in total. The van der Waals surface area contributed by atoms with Crippen molar-refractivity contribution in [3.05, 3.63) is 47.0 Å². The smallest absolute Gasteiger partial charge is 0.386 e. The van der Waals surface area contributed by atoms with E-state index in [0.29, 0.717) is 5.56 Å². The fourth-order valence-electron chi connectivity index (χ4n) is 1.73. The highest BCUT2D eigenvalue weighted by Gasteiger charge is 2.34. The highest BCUT2D eigenvalue weighted by Crippen LogP contribution is 2.29. The Balaban J connectivity index is 2.24. The van der Waals surface area contributed by atoms with Gasteiger partial charge in [0.1, 0.15) is 12.3 Å². The Hall–Kier alpha value is -1.33. The number of carbonyl (C=O) groups excluding carboxylic acids is 3. The summed E-state index contributed by atoms with van der Waals surface area (Å²) in [5.41, 5.74) is 0.0198. The van der Waals surface area contributed by atoms with E-state index in [1.54, 1.807) is 30.3 Å². The Bertz CT molecular complexity index is 988. The molecule has 166 valence electrons. The SMILES string of the molecule is O=C(OCc1ccccc1)C(=NOC(=O)C(Cl)(Cl)Cl)c1csc(NC(=O)C(Cl)(Cl)Cl)n1. The zero-order chi connectivity index (χ0) is 23.2. The average molecular weight is 568 g/mol. The van der Waals surface area contributed by atoms with Gasteiger partial charge in [-0.1, -0.05) is 105 Å². The van der Waals surface area contributed by atoms with Crippen LogP contribution < -0.4 is 5.32 Å². The van der Waals surface area contributed by atoms with Gasteiger partial charge in [-0.15, -0.1) is 11.3 Å². The molecule has 1 aromatic heterocycles. The van der Waals surface area contributed by atoms with Gasteiger partial charge in [0, 0.05) is 5.38 Å². The van der Waals surface area contributed by atoms with Crippen LogP contribution in [0.15, 0.2) is 40.9 Å². The molecule has 1 amide bonds. The van der Waals surface area contributed by atoms with Crippen LogP contribution in [0.2, 0.25) is 0 Å². The van der Waals surface area contributed by atoms with Crippen LogP contribution in [0.4, 0.5) is 5.13 Å². The van der Waals surface area contributed by atoms with Crippen molar-refractivity contribution in [3.63, 3.8) is 0 Å². The number of nitrogens with one attached hydrogen (secondary N) is 1. The second-order valence-electron chi connectivity index (χ2n) is 5.37. The fraction of sp³-hybridized carbons (Fsp3) is 0.188. The lowest BCUT2D eigenvalue weighted by Crippen LogP contribution is -2.27. The number of thiazole rings is 1. The van der Waals surface area contributed by atoms with Gasteiger partial charge >= 0.3 is 11.9 Å². The molecule has 0 fully saturated rings. The summed E-state index contributed by atoms with van der Waals surface area (Å²) in [4.78, 5) is 44.4. The molecule has 0 bridgehead atoms. The highest BCUT2D eigenvalue weighted by atomic mass is 35.6. The number of carbonyl (C=O) groups is 3. The Kier molecular flexibility index (Phi) is 9.20. The summed E-state index contributed by atoms with van der Waals surface area (Å²) >= 11 is 33.5. The fourth-order valence-corrected chi connectivity index (χ4v) is 2.66. The summed E-state index contributed by atoms with van der Waals surface area (Å²) in [6.45, 7) is -0.113. The predicted molar refractivity (Wildman–Crippen MR) is 120 cm³/mol. The maximum absolute atomic E-state index is 12.5. The standard InChI is InChI=1S/C16H9Cl6N3O5S/c17-15(18,19)12(27)24-14-23-9(7-31-14)10(25-30-13(28)16(20,21)22)11(26)29-6-8-4-2-1-3-5-8/h1-5,7H,6H2,(H,23,24,27). The minimum Gasteiger partial charge on any atom is -0.456 e. The topological polar surface area (TPSA) is 107 Å². The van der Waals surface area contributed by atoms with E-state index in [1.807, 2.05) is 0 Å². The molecular weight excluding hydrogens is 559 g/mol. The van der Waals surface area contributed by atoms with Crippen LogP contribution in [0.1, 0.15) is 11.3 Å². The van der Waals surface area contributed by atoms with Gasteiger partial charge in [0.25, 0.3) is 13.5 Å². The van der Waals surface area contributed by atoms with E-state index >= 15 is 0 Å². The number of aromatic nitrogens is 1. The van der Waals surface area contributed by atoms with Crippen molar-refractivity contribution in [2.45, 2.75) is 14.2 Å². The second kappa shape index (κ2) is 11.0. The lowest BCUT2D eigenvalue weighted by Gasteiger charge is -2.09. The van der Waals surface area contributed by atoms with E-state index in [2.05, 4.69) is 20.3 Å². The molecule has 0 saturated carbocycles. The van der Waals surface area contributed by atoms with E-state index in [1.165, 1.54) is 5.38 Å². The van der Waals surface area contributed by atoms with Gasteiger partial charge in [0.05, 0.1) is 0 Å². The summed E-state index contributed by atoms with van der Waals surface area (Å²) in [6, 6.07) is 8.74. The maximum Gasteiger partial charge on any atom is 0.386 e. The number of esters is 1. The molecule has 15 heteroatoms. The normalized spacial score (nSPS) is 12.3.